The minimum atomic E-state index is -4.79. The molecule has 0 radical (unpaired) electrons. The average Bonchev–Trinajstić information content (AvgIpc) is 3.42. The molecule has 2 aromatic carbocycles. The predicted molar refractivity (Wildman–Crippen MR) is 151 cm³/mol. The number of hydrogen-bond donors (Lipinski definition) is 1. The first-order valence-electron chi connectivity index (χ1n) is 12.5. The number of thiophene rings is 1. The van der Waals surface area contributed by atoms with Gasteiger partial charge in [0, 0.05) is 49.2 Å². The van der Waals surface area contributed by atoms with Gasteiger partial charge in [0.25, 0.3) is 0 Å². The van der Waals surface area contributed by atoms with Gasteiger partial charge < -0.3 is 9.45 Å². The topological polar surface area (TPSA) is 113 Å². The highest BCUT2D eigenvalue weighted by molar-refractivity contribution is 7.78. The molecule has 1 N–H and O–H groups in total. The number of rotatable bonds is 8. The van der Waals surface area contributed by atoms with Crippen molar-refractivity contribution in [1.29, 1.82) is 0 Å². The Bertz CT molecular complexity index is 1560. The van der Waals surface area contributed by atoms with Crippen LogP contribution in [0.15, 0.2) is 66.7 Å². The molecule has 1 aliphatic heterocycles. The van der Waals surface area contributed by atoms with Gasteiger partial charge in [-0.25, -0.2) is 14.2 Å². The van der Waals surface area contributed by atoms with Crippen LogP contribution in [0.4, 0.5) is 24.0 Å². The van der Waals surface area contributed by atoms with Crippen molar-refractivity contribution < 1.29 is 26.9 Å². The number of halogens is 3. The summed E-state index contributed by atoms with van der Waals surface area (Å²) in [5, 5.41) is 11.1. The van der Waals surface area contributed by atoms with Gasteiger partial charge in [-0.2, -0.15) is 13.2 Å². The average molecular weight is 604 g/mol. The second-order valence-electron chi connectivity index (χ2n) is 9.38. The number of anilines is 1. The van der Waals surface area contributed by atoms with Crippen LogP contribution >= 0.6 is 11.3 Å². The van der Waals surface area contributed by atoms with E-state index in [1.807, 2.05) is 11.0 Å². The zero-order valence-electron chi connectivity index (χ0n) is 21.5. The van der Waals surface area contributed by atoms with Gasteiger partial charge in [0.05, 0.1) is 21.9 Å². The van der Waals surface area contributed by atoms with E-state index in [1.54, 1.807) is 54.6 Å². The largest absolute Gasteiger partial charge is 0.451 e. The first-order chi connectivity index (χ1) is 19.6. The lowest BCUT2D eigenvalue weighted by atomic mass is 9.98. The first-order valence-corrected chi connectivity index (χ1v) is 14.6. The van der Waals surface area contributed by atoms with E-state index < -0.39 is 28.0 Å². The van der Waals surface area contributed by atoms with Crippen molar-refractivity contribution in [3.05, 3.63) is 93.1 Å². The molecule has 9 nitrogen and oxygen atoms in total. The van der Waals surface area contributed by atoms with Crippen LogP contribution < -0.4 is 4.90 Å². The smallest absolute Gasteiger partial charge is 0.353 e. The fraction of sp³-hybridized carbons (Fsp3) is 0.259. The maximum atomic E-state index is 14.1. The highest BCUT2D eigenvalue weighted by Crippen LogP contribution is 2.40. The van der Waals surface area contributed by atoms with Gasteiger partial charge in [-0.15, -0.1) is 0 Å². The Morgan fingerprint density at radius 3 is 2.22 bits per heavy atom. The lowest BCUT2D eigenvalue weighted by molar-refractivity contribution is -0.380. The molecule has 214 valence electrons. The van der Waals surface area contributed by atoms with Crippen LogP contribution in [0.1, 0.15) is 16.3 Å². The standard InChI is InChI=1S/C27H24F3N5O4S2/c28-27(29,30)26-31-24(20-8-6-18(7-9-20)17-41(38)39)23(19-4-2-1-3-5-19)25(32-26)34-14-12-33(13-15-34)16-21-10-11-22(40-21)35(36)37/h1-11H,12-17H2,(H,38,39). The lowest BCUT2D eigenvalue weighted by Crippen LogP contribution is -2.46. The third-order valence-electron chi connectivity index (χ3n) is 6.60. The van der Waals surface area contributed by atoms with Crippen molar-refractivity contribution in [3.63, 3.8) is 0 Å². The molecule has 0 aliphatic carbocycles. The van der Waals surface area contributed by atoms with Crippen molar-refractivity contribution in [2.45, 2.75) is 18.5 Å². The molecule has 1 fully saturated rings. The Kier molecular flexibility index (Phi) is 8.45. The molecule has 1 atom stereocenters. The summed E-state index contributed by atoms with van der Waals surface area (Å²) < 4.78 is 62.7. The number of nitrogens with zero attached hydrogens (tertiary/aromatic N) is 5. The number of alkyl halides is 3. The molecule has 41 heavy (non-hydrogen) atoms. The van der Waals surface area contributed by atoms with Gasteiger partial charge >= 0.3 is 11.2 Å². The van der Waals surface area contributed by atoms with E-state index in [-0.39, 0.29) is 22.3 Å². The molecule has 2 aromatic heterocycles. The van der Waals surface area contributed by atoms with Crippen LogP contribution in [-0.4, -0.2) is 54.7 Å². The third kappa shape index (κ3) is 6.78. The Morgan fingerprint density at radius 1 is 0.951 bits per heavy atom. The van der Waals surface area contributed by atoms with E-state index in [9.17, 15) is 32.0 Å². The molecular weight excluding hydrogens is 579 g/mol. The molecule has 1 saturated heterocycles. The summed E-state index contributed by atoms with van der Waals surface area (Å²) in [6, 6.07) is 18.6. The maximum Gasteiger partial charge on any atom is 0.451 e. The highest BCUT2D eigenvalue weighted by Gasteiger charge is 2.38. The third-order valence-corrected chi connectivity index (χ3v) is 8.20. The molecule has 5 rings (SSSR count). The predicted octanol–water partition coefficient (Wildman–Crippen LogP) is 5.84. The van der Waals surface area contributed by atoms with Crippen LogP contribution in [0.5, 0.6) is 0 Å². The summed E-state index contributed by atoms with van der Waals surface area (Å²) in [7, 11) is 0. The summed E-state index contributed by atoms with van der Waals surface area (Å²) in [6.45, 7) is 2.33. The summed E-state index contributed by atoms with van der Waals surface area (Å²) in [4.78, 5) is 23.4. The molecule has 4 aromatic rings. The quantitative estimate of drug-likeness (QED) is 0.152. The summed E-state index contributed by atoms with van der Waals surface area (Å²) >= 11 is -0.947. The van der Waals surface area contributed by atoms with E-state index in [2.05, 4.69) is 14.9 Å². The normalized spacial score (nSPS) is 15.2. The van der Waals surface area contributed by atoms with Crippen molar-refractivity contribution in [2.75, 3.05) is 31.1 Å². The Morgan fingerprint density at radius 2 is 1.63 bits per heavy atom. The van der Waals surface area contributed by atoms with Crippen LogP contribution in [0.25, 0.3) is 22.4 Å². The SMILES string of the molecule is O=[N+]([O-])c1ccc(CN2CCN(c3nc(C(F)(F)F)nc(-c4ccc(CS(=O)O)cc4)c3-c3ccccc3)CC2)s1. The second kappa shape index (κ2) is 12.0. The van der Waals surface area contributed by atoms with Crippen molar-refractivity contribution in [1.82, 2.24) is 14.9 Å². The van der Waals surface area contributed by atoms with Crippen LogP contribution in [0.3, 0.4) is 0 Å². The van der Waals surface area contributed by atoms with Gasteiger partial charge in [-0.05, 0) is 17.2 Å². The van der Waals surface area contributed by atoms with Crippen molar-refractivity contribution in [3.8, 4) is 22.4 Å². The molecule has 1 unspecified atom stereocenters. The van der Waals surface area contributed by atoms with E-state index in [0.29, 0.717) is 55.0 Å². The molecule has 0 spiro atoms. The number of nitro groups is 1. The lowest BCUT2D eigenvalue weighted by Gasteiger charge is -2.36. The monoisotopic (exact) mass is 603 g/mol. The molecular formula is C27H24F3N5O4S2. The minimum Gasteiger partial charge on any atom is -0.353 e. The van der Waals surface area contributed by atoms with Crippen molar-refractivity contribution in [2.24, 2.45) is 0 Å². The highest BCUT2D eigenvalue weighted by atomic mass is 32.2. The summed E-state index contributed by atoms with van der Waals surface area (Å²) in [5.41, 5.74) is 2.20. The van der Waals surface area contributed by atoms with E-state index >= 15 is 0 Å². The maximum absolute atomic E-state index is 14.1. The van der Waals surface area contributed by atoms with Gasteiger partial charge in [0.2, 0.25) is 5.82 Å². The Balaban J connectivity index is 1.52. The van der Waals surface area contributed by atoms with Crippen LogP contribution in [-0.2, 0) is 29.6 Å². The number of benzene rings is 2. The Hall–Kier alpha value is -3.72. The first kappa shape index (κ1) is 28.8. The van der Waals surface area contributed by atoms with E-state index in [1.165, 1.54) is 6.07 Å². The van der Waals surface area contributed by atoms with Gasteiger partial charge in [-0.3, -0.25) is 15.0 Å². The van der Waals surface area contributed by atoms with Gasteiger partial charge in [0.1, 0.15) is 5.82 Å². The van der Waals surface area contributed by atoms with E-state index in [0.717, 1.165) is 16.2 Å². The molecule has 14 heteroatoms. The fourth-order valence-electron chi connectivity index (χ4n) is 4.67. The van der Waals surface area contributed by atoms with Crippen molar-refractivity contribution >= 4 is 33.2 Å². The minimum absolute atomic E-state index is 0.0667. The van der Waals surface area contributed by atoms with Gasteiger partial charge in [0.15, 0.2) is 11.1 Å². The molecule has 1 aliphatic rings. The number of hydrogen-bond acceptors (Lipinski definition) is 8. The van der Waals surface area contributed by atoms with Gasteiger partial charge in [-0.1, -0.05) is 65.9 Å². The second-order valence-corrected chi connectivity index (χ2v) is 11.5. The molecule has 0 amide bonds. The molecule has 0 saturated carbocycles. The number of aromatic nitrogens is 2. The summed E-state index contributed by atoms with van der Waals surface area (Å²) in [5.74, 6) is -1.19. The zero-order valence-corrected chi connectivity index (χ0v) is 23.1. The molecule has 3 heterocycles. The van der Waals surface area contributed by atoms with E-state index in [4.69, 9.17) is 0 Å². The molecule has 0 bridgehead atoms. The zero-order chi connectivity index (χ0) is 29.1. The van der Waals surface area contributed by atoms with Crippen LogP contribution in [0.2, 0.25) is 0 Å². The number of piperazine rings is 1. The summed E-state index contributed by atoms with van der Waals surface area (Å²) in [6.07, 6.45) is -4.79. The fourth-order valence-corrected chi connectivity index (χ4v) is 6.01. The Labute approximate surface area is 239 Å². The van der Waals surface area contributed by atoms with Crippen LogP contribution in [0, 0.1) is 10.1 Å².